The number of hydrogen-bond acceptors (Lipinski definition) is 5. The Balaban J connectivity index is 1.82. The van der Waals surface area contributed by atoms with Crippen molar-refractivity contribution in [1.29, 1.82) is 0 Å². The number of carbonyl (C=O) groups excluding carboxylic acids is 1. The molecule has 0 aliphatic rings. The zero-order chi connectivity index (χ0) is 28.6. The van der Waals surface area contributed by atoms with E-state index < -0.39 is 28.5 Å². The van der Waals surface area contributed by atoms with E-state index in [0.29, 0.717) is 17.5 Å². The monoisotopic (exact) mass is 545 g/mol. The molecule has 0 saturated carbocycles. The SMILES string of the molecule is CCCCCCCCCCCCCCCC(=O)NC(Cn1cc(C)c(=O)[nH]c1=O)Cn1cc(C)c(=O)[nH]c1=O. The molecule has 1 amide bonds. The first kappa shape index (κ1) is 32.0. The summed E-state index contributed by atoms with van der Waals surface area (Å²) in [5.74, 6) is -0.161. The second-order valence-electron chi connectivity index (χ2n) is 10.7. The van der Waals surface area contributed by atoms with E-state index in [1.807, 2.05) is 0 Å². The second-order valence-corrected chi connectivity index (χ2v) is 10.7. The van der Waals surface area contributed by atoms with E-state index in [1.165, 1.54) is 85.7 Å². The van der Waals surface area contributed by atoms with Crippen molar-refractivity contribution in [2.45, 2.75) is 130 Å². The third-order valence-corrected chi connectivity index (χ3v) is 7.08. The van der Waals surface area contributed by atoms with E-state index in [9.17, 15) is 24.0 Å². The lowest BCUT2D eigenvalue weighted by atomic mass is 10.0. The molecular formula is C29H47N5O5. The van der Waals surface area contributed by atoms with Crippen LogP contribution in [-0.2, 0) is 17.9 Å². The summed E-state index contributed by atoms with van der Waals surface area (Å²) < 4.78 is 2.63. The molecule has 0 aliphatic heterocycles. The molecule has 10 heteroatoms. The summed E-state index contributed by atoms with van der Waals surface area (Å²) in [6.07, 6.45) is 19.1. The number of rotatable bonds is 19. The lowest BCUT2D eigenvalue weighted by Gasteiger charge is -2.21. The molecule has 2 aromatic heterocycles. The zero-order valence-corrected chi connectivity index (χ0v) is 24.0. The molecular weight excluding hydrogens is 498 g/mol. The number of aromatic nitrogens is 4. The van der Waals surface area contributed by atoms with Gasteiger partial charge in [-0.05, 0) is 20.3 Å². The fourth-order valence-corrected chi connectivity index (χ4v) is 4.74. The van der Waals surface area contributed by atoms with Gasteiger partial charge in [0.05, 0.1) is 6.04 Å². The lowest BCUT2D eigenvalue weighted by Crippen LogP contribution is -2.46. The molecule has 3 N–H and O–H groups in total. The summed E-state index contributed by atoms with van der Waals surface area (Å²) >= 11 is 0. The van der Waals surface area contributed by atoms with Crippen LogP contribution in [0, 0.1) is 13.8 Å². The molecule has 2 rings (SSSR count). The Hall–Kier alpha value is -3.17. The van der Waals surface area contributed by atoms with Crippen molar-refractivity contribution in [2.24, 2.45) is 0 Å². The molecule has 0 unspecified atom stereocenters. The van der Waals surface area contributed by atoms with Gasteiger partial charge in [0.2, 0.25) is 5.91 Å². The minimum Gasteiger partial charge on any atom is -0.350 e. The largest absolute Gasteiger partial charge is 0.350 e. The van der Waals surface area contributed by atoms with Crippen molar-refractivity contribution in [1.82, 2.24) is 24.4 Å². The van der Waals surface area contributed by atoms with Crippen LogP contribution in [0.1, 0.15) is 108 Å². The van der Waals surface area contributed by atoms with Gasteiger partial charge in [-0.15, -0.1) is 0 Å². The Morgan fingerprint density at radius 1 is 0.692 bits per heavy atom. The molecule has 0 fully saturated rings. The highest BCUT2D eigenvalue weighted by Crippen LogP contribution is 2.13. The molecule has 2 aromatic rings. The Morgan fingerprint density at radius 2 is 1.08 bits per heavy atom. The van der Waals surface area contributed by atoms with Crippen LogP contribution in [0.3, 0.4) is 0 Å². The van der Waals surface area contributed by atoms with Gasteiger partial charge in [-0.3, -0.25) is 33.5 Å². The standard InChI is InChI=1S/C29H47N5O5/c1-4-5-6-7-8-9-10-11-12-13-14-15-16-17-25(35)30-24(20-33-18-22(2)26(36)31-28(33)38)21-34-19-23(3)27(37)32-29(34)39/h18-19,24H,4-17,20-21H2,1-3H3,(H,30,35)(H,31,36,38)(H,32,37,39). The van der Waals surface area contributed by atoms with Crippen molar-refractivity contribution in [2.75, 3.05) is 0 Å². The predicted molar refractivity (Wildman–Crippen MR) is 154 cm³/mol. The molecule has 0 atom stereocenters. The third kappa shape index (κ3) is 12.0. The predicted octanol–water partition coefficient (Wildman–Crippen LogP) is 3.67. The number of nitrogens with zero attached hydrogens (tertiary/aromatic N) is 2. The van der Waals surface area contributed by atoms with E-state index in [-0.39, 0.29) is 19.0 Å². The number of H-pyrrole nitrogens is 2. The van der Waals surface area contributed by atoms with Crippen molar-refractivity contribution >= 4 is 5.91 Å². The second kappa shape index (κ2) is 17.4. The average Bonchev–Trinajstić information content (AvgIpc) is 2.88. The number of carbonyl (C=O) groups is 1. The van der Waals surface area contributed by atoms with Gasteiger partial charge in [0.1, 0.15) is 0 Å². The summed E-state index contributed by atoms with van der Waals surface area (Å²) in [6, 6.07) is -0.606. The minimum atomic E-state index is -0.606. The van der Waals surface area contributed by atoms with Crippen LogP contribution >= 0.6 is 0 Å². The van der Waals surface area contributed by atoms with Crippen molar-refractivity contribution < 1.29 is 4.79 Å². The number of aromatic amines is 2. The summed E-state index contributed by atoms with van der Waals surface area (Å²) in [6.45, 7) is 5.54. The Bertz CT molecular complexity index is 1180. The van der Waals surface area contributed by atoms with E-state index in [2.05, 4.69) is 22.2 Å². The van der Waals surface area contributed by atoms with Crippen LogP contribution in [0.4, 0.5) is 0 Å². The maximum atomic E-state index is 12.7. The fourth-order valence-electron chi connectivity index (χ4n) is 4.74. The van der Waals surface area contributed by atoms with Gasteiger partial charge in [0.15, 0.2) is 0 Å². The number of aryl methyl sites for hydroxylation is 2. The first-order valence-corrected chi connectivity index (χ1v) is 14.6. The van der Waals surface area contributed by atoms with Crippen LogP contribution in [0.25, 0.3) is 0 Å². The number of unbranched alkanes of at least 4 members (excludes halogenated alkanes) is 12. The Kier molecular flexibility index (Phi) is 14.3. The molecule has 0 radical (unpaired) electrons. The van der Waals surface area contributed by atoms with Crippen molar-refractivity contribution in [3.63, 3.8) is 0 Å². The Morgan fingerprint density at radius 3 is 1.49 bits per heavy atom. The molecule has 2 heterocycles. The summed E-state index contributed by atoms with van der Waals surface area (Å²) in [7, 11) is 0. The molecule has 0 spiro atoms. The molecule has 0 aliphatic carbocycles. The lowest BCUT2D eigenvalue weighted by molar-refractivity contribution is -0.122. The molecule has 0 aromatic carbocycles. The number of nitrogens with one attached hydrogen (secondary N) is 3. The van der Waals surface area contributed by atoms with Crippen LogP contribution in [0.5, 0.6) is 0 Å². The average molecular weight is 546 g/mol. The Labute approximate surface area is 230 Å². The maximum absolute atomic E-state index is 12.7. The topological polar surface area (TPSA) is 139 Å². The number of hydrogen-bond donors (Lipinski definition) is 3. The van der Waals surface area contributed by atoms with Gasteiger partial charge >= 0.3 is 11.4 Å². The molecule has 10 nitrogen and oxygen atoms in total. The van der Waals surface area contributed by atoms with Gasteiger partial charge in [-0.25, -0.2) is 9.59 Å². The summed E-state index contributed by atoms with van der Waals surface area (Å²) in [5.41, 5.74) is -1.39. The summed E-state index contributed by atoms with van der Waals surface area (Å²) in [5, 5.41) is 2.94. The molecule has 0 saturated heterocycles. The minimum absolute atomic E-state index is 0.0609. The van der Waals surface area contributed by atoms with Crippen LogP contribution < -0.4 is 27.8 Å². The van der Waals surface area contributed by atoms with E-state index in [4.69, 9.17) is 0 Å². The summed E-state index contributed by atoms with van der Waals surface area (Å²) in [4.78, 5) is 65.4. The zero-order valence-electron chi connectivity index (χ0n) is 24.0. The van der Waals surface area contributed by atoms with E-state index in [0.717, 1.165) is 19.3 Å². The number of amides is 1. The normalized spacial score (nSPS) is 11.3. The van der Waals surface area contributed by atoms with Crippen LogP contribution in [0.2, 0.25) is 0 Å². The van der Waals surface area contributed by atoms with Gasteiger partial charge in [0.25, 0.3) is 11.1 Å². The van der Waals surface area contributed by atoms with E-state index >= 15 is 0 Å². The van der Waals surface area contributed by atoms with Gasteiger partial charge in [0, 0.05) is 43.0 Å². The van der Waals surface area contributed by atoms with Gasteiger partial charge in [-0.1, -0.05) is 84.0 Å². The van der Waals surface area contributed by atoms with Crippen LogP contribution in [0.15, 0.2) is 31.6 Å². The first-order chi connectivity index (χ1) is 18.7. The smallest absolute Gasteiger partial charge is 0.328 e. The molecule has 39 heavy (non-hydrogen) atoms. The quantitative estimate of drug-likeness (QED) is 0.231. The van der Waals surface area contributed by atoms with Crippen LogP contribution in [-0.4, -0.2) is 31.1 Å². The van der Waals surface area contributed by atoms with Gasteiger partial charge in [-0.2, -0.15) is 0 Å². The fraction of sp³-hybridized carbons (Fsp3) is 0.690. The van der Waals surface area contributed by atoms with Crippen molar-refractivity contribution in [3.05, 3.63) is 65.2 Å². The van der Waals surface area contributed by atoms with Crippen molar-refractivity contribution in [3.8, 4) is 0 Å². The maximum Gasteiger partial charge on any atom is 0.328 e. The third-order valence-electron chi connectivity index (χ3n) is 7.08. The van der Waals surface area contributed by atoms with Gasteiger partial charge < -0.3 is 5.32 Å². The highest BCUT2D eigenvalue weighted by Gasteiger charge is 2.17. The molecule has 0 bridgehead atoms. The molecule has 218 valence electrons. The first-order valence-electron chi connectivity index (χ1n) is 14.6. The van der Waals surface area contributed by atoms with E-state index in [1.54, 1.807) is 13.8 Å². The highest BCUT2D eigenvalue weighted by atomic mass is 16.2. The highest BCUT2D eigenvalue weighted by molar-refractivity contribution is 5.76.